The molecule has 14 heavy (non-hydrogen) atoms. The van der Waals surface area contributed by atoms with Crippen LogP contribution in [0.25, 0.3) is 0 Å². The number of hydrogen-bond donors (Lipinski definition) is 3. The van der Waals surface area contributed by atoms with Crippen LogP contribution in [0.3, 0.4) is 0 Å². The van der Waals surface area contributed by atoms with Crippen molar-refractivity contribution in [1.29, 1.82) is 0 Å². The molecule has 0 fully saturated rings. The number of amides is 1. The third kappa shape index (κ3) is 3.67. The summed E-state index contributed by atoms with van der Waals surface area (Å²) in [5, 5.41) is 2.82. The Bertz CT molecular complexity index is 298. The van der Waals surface area contributed by atoms with E-state index in [1.807, 2.05) is 6.07 Å². The number of carbonyl (C=O) groups excluding carboxylic acids is 1. The molecular formula is C9H14IN3O. The van der Waals surface area contributed by atoms with E-state index in [0.717, 1.165) is 16.4 Å². The lowest BCUT2D eigenvalue weighted by atomic mass is 10.3. The molecule has 1 aromatic rings. The number of rotatable bonds is 5. The quantitative estimate of drug-likeness (QED) is 0.563. The van der Waals surface area contributed by atoms with Crippen LogP contribution in [0.4, 0.5) is 0 Å². The van der Waals surface area contributed by atoms with Crippen LogP contribution in [-0.4, -0.2) is 24.0 Å². The Morgan fingerprint density at radius 1 is 1.57 bits per heavy atom. The van der Waals surface area contributed by atoms with Gasteiger partial charge in [0.2, 0.25) is 0 Å². The van der Waals surface area contributed by atoms with Gasteiger partial charge >= 0.3 is 0 Å². The highest BCUT2D eigenvalue weighted by Crippen LogP contribution is 2.05. The first kappa shape index (κ1) is 11.5. The first-order valence-corrected chi connectivity index (χ1v) is 5.64. The monoisotopic (exact) mass is 307 g/mol. The number of halogens is 1. The molecule has 0 aromatic carbocycles. The molecule has 0 spiro atoms. The van der Waals surface area contributed by atoms with Gasteiger partial charge in [0.1, 0.15) is 5.69 Å². The van der Waals surface area contributed by atoms with Crippen molar-refractivity contribution in [2.75, 3.05) is 13.1 Å². The minimum Gasteiger partial charge on any atom is -0.356 e. The molecule has 4 N–H and O–H groups in total. The van der Waals surface area contributed by atoms with Gasteiger partial charge in [-0.25, -0.2) is 0 Å². The smallest absolute Gasteiger partial charge is 0.267 e. The van der Waals surface area contributed by atoms with Crippen LogP contribution in [0.1, 0.15) is 23.3 Å². The van der Waals surface area contributed by atoms with Crippen LogP contribution in [-0.2, 0) is 0 Å². The van der Waals surface area contributed by atoms with Gasteiger partial charge in [0.05, 0.1) is 0 Å². The van der Waals surface area contributed by atoms with Crippen LogP contribution in [0.15, 0.2) is 12.3 Å². The van der Waals surface area contributed by atoms with Crippen molar-refractivity contribution in [2.45, 2.75) is 12.8 Å². The van der Waals surface area contributed by atoms with Crippen molar-refractivity contribution in [3.8, 4) is 0 Å². The Morgan fingerprint density at radius 2 is 2.36 bits per heavy atom. The third-order valence-electron chi connectivity index (χ3n) is 1.81. The number of hydrogen-bond acceptors (Lipinski definition) is 2. The first-order valence-electron chi connectivity index (χ1n) is 4.56. The van der Waals surface area contributed by atoms with Gasteiger partial charge in [0.25, 0.3) is 5.91 Å². The topological polar surface area (TPSA) is 70.9 Å². The Kier molecular flexibility index (Phi) is 4.95. The summed E-state index contributed by atoms with van der Waals surface area (Å²) < 4.78 is 1.04. The number of nitrogens with two attached hydrogens (primary N) is 1. The van der Waals surface area contributed by atoms with Crippen molar-refractivity contribution in [3.63, 3.8) is 0 Å². The fraction of sp³-hybridized carbons (Fsp3) is 0.444. The van der Waals surface area contributed by atoms with Crippen molar-refractivity contribution >= 4 is 28.5 Å². The lowest BCUT2D eigenvalue weighted by molar-refractivity contribution is 0.0948. The molecule has 4 nitrogen and oxygen atoms in total. The zero-order valence-electron chi connectivity index (χ0n) is 7.85. The molecule has 0 bridgehead atoms. The Hall–Kier alpha value is -0.560. The summed E-state index contributed by atoms with van der Waals surface area (Å²) >= 11 is 2.16. The Balaban J connectivity index is 2.29. The summed E-state index contributed by atoms with van der Waals surface area (Å²) in [5.41, 5.74) is 5.95. The maximum atomic E-state index is 11.4. The number of nitrogens with one attached hydrogen (secondary N) is 2. The highest BCUT2D eigenvalue weighted by Gasteiger charge is 2.05. The lowest BCUT2D eigenvalue weighted by Crippen LogP contribution is -2.25. The highest BCUT2D eigenvalue weighted by atomic mass is 127. The Labute approximate surface area is 96.8 Å². The molecule has 0 aliphatic carbocycles. The predicted octanol–water partition coefficient (Wildman–Crippen LogP) is 1.09. The molecule has 1 heterocycles. The molecule has 1 aromatic heterocycles. The molecule has 0 aliphatic rings. The normalized spacial score (nSPS) is 10.1. The maximum Gasteiger partial charge on any atom is 0.267 e. The molecule has 1 rings (SSSR count). The van der Waals surface area contributed by atoms with E-state index in [1.54, 1.807) is 6.20 Å². The molecule has 0 atom stereocenters. The van der Waals surface area contributed by atoms with Crippen molar-refractivity contribution in [3.05, 3.63) is 21.5 Å². The van der Waals surface area contributed by atoms with Gasteiger partial charge in [-0.15, -0.1) is 0 Å². The highest BCUT2D eigenvalue weighted by molar-refractivity contribution is 14.1. The Morgan fingerprint density at radius 3 is 2.93 bits per heavy atom. The zero-order valence-corrected chi connectivity index (χ0v) is 10.0. The van der Waals surface area contributed by atoms with Gasteiger partial charge in [-0.3, -0.25) is 4.79 Å². The SMILES string of the molecule is NCCCCNC(=O)c1cc(I)c[nH]1. The molecular weight excluding hydrogens is 293 g/mol. The number of unbranched alkanes of at least 4 members (excludes halogenated alkanes) is 1. The second kappa shape index (κ2) is 6.02. The molecule has 0 saturated carbocycles. The molecule has 0 aliphatic heterocycles. The van der Waals surface area contributed by atoms with Gasteiger partial charge in [-0.1, -0.05) is 0 Å². The predicted molar refractivity (Wildman–Crippen MR) is 64.1 cm³/mol. The zero-order chi connectivity index (χ0) is 10.4. The summed E-state index contributed by atoms with van der Waals surface area (Å²) in [5.74, 6) is -0.0510. The van der Waals surface area contributed by atoms with Crippen LogP contribution < -0.4 is 11.1 Å². The second-order valence-electron chi connectivity index (χ2n) is 2.98. The second-order valence-corrected chi connectivity index (χ2v) is 4.23. The minimum atomic E-state index is -0.0510. The lowest BCUT2D eigenvalue weighted by Gasteiger charge is -2.01. The number of aromatic nitrogens is 1. The maximum absolute atomic E-state index is 11.4. The molecule has 0 saturated heterocycles. The molecule has 5 heteroatoms. The van der Waals surface area contributed by atoms with Crippen LogP contribution in [0.2, 0.25) is 0 Å². The number of carbonyl (C=O) groups is 1. The van der Waals surface area contributed by atoms with Crippen molar-refractivity contribution < 1.29 is 4.79 Å². The van der Waals surface area contributed by atoms with Gasteiger partial charge in [-0.2, -0.15) is 0 Å². The van der Waals surface area contributed by atoms with Crippen LogP contribution in [0, 0.1) is 3.57 Å². The average molecular weight is 307 g/mol. The van der Waals surface area contributed by atoms with Gasteiger partial charge in [-0.05, 0) is 48.0 Å². The summed E-state index contributed by atoms with van der Waals surface area (Å²) in [4.78, 5) is 14.3. The van der Waals surface area contributed by atoms with Gasteiger partial charge in [0, 0.05) is 16.3 Å². The van der Waals surface area contributed by atoms with E-state index in [0.29, 0.717) is 18.8 Å². The molecule has 78 valence electrons. The van der Waals surface area contributed by atoms with E-state index in [9.17, 15) is 4.79 Å². The fourth-order valence-electron chi connectivity index (χ4n) is 1.07. The molecule has 1 amide bonds. The summed E-state index contributed by atoms with van der Waals surface area (Å²) in [6, 6.07) is 1.82. The van der Waals surface area contributed by atoms with Crippen LogP contribution in [0.5, 0.6) is 0 Å². The van der Waals surface area contributed by atoms with Crippen molar-refractivity contribution in [2.24, 2.45) is 5.73 Å². The largest absolute Gasteiger partial charge is 0.356 e. The van der Waals surface area contributed by atoms with E-state index in [1.165, 1.54) is 0 Å². The molecule has 0 radical (unpaired) electrons. The number of aromatic amines is 1. The van der Waals surface area contributed by atoms with Gasteiger partial charge in [0.15, 0.2) is 0 Å². The van der Waals surface area contributed by atoms with Crippen LogP contribution >= 0.6 is 22.6 Å². The summed E-state index contributed by atoms with van der Waals surface area (Å²) in [6.07, 6.45) is 3.68. The van der Waals surface area contributed by atoms with Gasteiger partial charge < -0.3 is 16.0 Å². The average Bonchev–Trinajstić information content (AvgIpc) is 2.59. The minimum absolute atomic E-state index is 0.0510. The van der Waals surface area contributed by atoms with E-state index in [-0.39, 0.29) is 5.91 Å². The fourth-order valence-corrected chi connectivity index (χ4v) is 1.53. The van der Waals surface area contributed by atoms with E-state index in [4.69, 9.17) is 5.73 Å². The van der Waals surface area contributed by atoms with E-state index < -0.39 is 0 Å². The van der Waals surface area contributed by atoms with E-state index >= 15 is 0 Å². The summed E-state index contributed by atoms with van der Waals surface area (Å²) in [6.45, 7) is 1.36. The third-order valence-corrected chi connectivity index (χ3v) is 2.43. The molecule has 0 unspecified atom stereocenters. The first-order chi connectivity index (χ1) is 6.74. The summed E-state index contributed by atoms with van der Waals surface area (Å²) in [7, 11) is 0. The number of H-pyrrole nitrogens is 1. The van der Waals surface area contributed by atoms with E-state index in [2.05, 4.69) is 32.9 Å². The van der Waals surface area contributed by atoms with Crippen molar-refractivity contribution in [1.82, 2.24) is 10.3 Å². The standard InChI is InChI=1S/C9H14IN3O/c10-7-5-8(13-6-7)9(14)12-4-2-1-3-11/h5-6,13H,1-4,11H2,(H,12,14).